The predicted octanol–water partition coefficient (Wildman–Crippen LogP) is -4.51. The maximum atomic E-state index is 13.3. The fourth-order valence-corrected chi connectivity index (χ4v) is 4.25. The van der Waals surface area contributed by atoms with E-state index in [1.54, 1.807) is 6.92 Å². The number of hydrazine groups is 1. The van der Waals surface area contributed by atoms with Gasteiger partial charge in [-0.1, -0.05) is 6.08 Å². The monoisotopic (exact) mass is 572 g/mol. The third kappa shape index (κ3) is 9.71. The number of primary amides is 1. The van der Waals surface area contributed by atoms with Gasteiger partial charge in [-0.3, -0.25) is 29.0 Å². The lowest BCUT2D eigenvalue weighted by atomic mass is 10.0. The second-order valence-electron chi connectivity index (χ2n) is 9.65. The van der Waals surface area contributed by atoms with Crippen molar-refractivity contribution in [1.29, 1.82) is 0 Å². The van der Waals surface area contributed by atoms with E-state index in [-0.39, 0.29) is 37.4 Å². The fraction of sp³-hybridized carbons (Fsp3) is 0.708. The minimum Gasteiger partial charge on any atom is -0.394 e. The molecule has 40 heavy (non-hydrogen) atoms. The summed E-state index contributed by atoms with van der Waals surface area (Å²) in [5.74, 6) is 2.07. The molecule has 0 aromatic rings. The normalized spacial score (nSPS) is 26.9. The Balaban J connectivity index is 3.40. The van der Waals surface area contributed by atoms with Gasteiger partial charge in [0, 0.05) is 25.7 Å². The Bertz CT molecular complexity index is 931. The minimum atomic E-state index is -1.54. The van der Waals surface area contributed by atoms with Crippen LogP contribution in [0.25, 0.3) is 0 Å². The summed E-state index contributed by atoms with van der Waals surface area (Å²) in [6.45, 7) is 1.71. The van der Waals surface area contributed by atoms with Crippen LogP contribution in [0.5, 0.6) is 0 Å². The molecule has 1 saturated heterocycles. The van der Waals surface area contributed by atoms with Gasteiger partial charge >= 0.3 is 0 Å². The maximum Gasteiger partial charge on any atom is 0.259 e. The molecular formula is C24H44N8O8. The van der Waals surface area contributed by atoms with Crippen molar-refractivity contribution in [2.24, 2.45) is 17.3 Å². The number of carbonyl (C=O) groups excluding carboxylic acids is 5. The average Bonchev–Trinajstić information content (AvgIpc) is 2.89. The number of aliphatic hydroxyl groups excluding tert-OH is 3. The van der Waals surface area contributed by atoms with E-state index in [4.69, 9.17) is 17.3 Å². The van der Waals surface area contributed by atoms with Crippen molar-refractivity contribution in [1.82, 2.24) is 25.9 Å². The molecule has 0 aromatic heterocycles. The third-order valence-corrected chi connectivity index (χ3v) is 6.71. The molecule has 1 aliphatic rings. The largest absolute Gasteiger partial charge is 0.394 e. The first kappa shape index (κ1) is 34.7. The molecule has 0 aliphatic carbocycles. The van der Waals surface area contributed by atoms with Gasteiger partial charge in [0.05, 0.1) is 31.4 Å². The number of carbonyl (C=O) groups is 5. The van der Waals surface area contributed by atoms with Crippen LogP contribution in [-0.4, -0.2) is 118 Å². The Hall–Kier alpha value is -3.31. The van der Waals surface area contributed by atoms with Crippen LogP contribution in [0, 0.1) is 0 Å². The molecule has 0 spiro atoms. The van der Waals surface area contributed by atoms with Crippen molar-refractivity contribution < 1.29 is 39.3 Å². The smallest absolute Gasteiger partial charge is 0.259 e. The molecule has 6 atom stereocenters. The van der Waals surface area contributed by atoms with E-state index in [9.17, 15) is 39.3 Å². The minimum absolute atomic E-state index is 0.0220. The topological polar surface area (TPSA) is 267 Å². The number of hydrogen-bond acceptors (Lipinski definition) is 11. The lowest BCUT2D eigenvalue weighted by molar-refractivity contribution is -0.144. The van der Waals surface area contributed by atoms with Crippen LogP contribution in [0.2, 0.25) is 0 Å². The fourth-order valence-electron chi connectivity index (χ4n) is 4.25. The van der Waals surface area contributed by atoms with Crippen LogP contribution in [0.4, 0.5) is 0 Å². The van der Waals surface area contributed by atoms with Crippen molar-refractivity contribution >= 4 is 29.5 Å². The van der Waals surface area contributed by atoms with Crippen LogP contribution in [0.15, 0.2) is 11.8 Å². The number of likely N-dealkylation sites (N-methyl/N-ethyl adjacent to an activating group) is 1. The second kappa shape index (κ2) is 16.7. The summed E-state index contributed by atoms with van der Waals surface area (Å²) < 4.78 is 0. The Kier molecular flexibility index (Phi) is 14.5. The van der Waals surface area contributed by atoms with Crippen molar-refractivity contribution in [2.75, 3.05) is 26.8 Å². The quantitative estimate of drug-likeness (QED) is 0.0831. The van der Waals surface area contributed by atoms with Gasteiger partial charge in [0.25, 0.3) is 5.91 Å². The number of aliphatic hydroxyl groups is 3. The highest BCUT2D eigenvalue weighted by molar-refractivity contribution is 5.92. The summed E-state index contributed by atoms with van der Waals surface area (Å²) in [7, 11) is 1.46. The summed E-state index contributed by atoms with van der Waals surface area (Å²) in [6.07, 6.45) is 1.19. The Morgan fingerprint density at radius 2 is 1.80 bits per heavy atom. The van der Waals surface area contributed by atoms with Crippen LogP contribution in [-0.2, 0) is 24.0 Å². The zero-order chi connectivity index (χ0) is 30.6. The van der Waals surface area contributed by atoms with Crippen LogP contribution < -0.4 is 33.3 Å². The lowest BCUT2D eigenvalue weighted by Crippen LogP contribution is -2.61. The van der Waals surface area contributed by atoms with Gasteiger partial charge in [-0.15, -0.1) is 0 Å². The van der Waals surface area contributed by atoms with Crippen molar-refractivity contribution in [2.45, 2.75) is 82.3 Å². The standard InChI is InChI=1S/C24H44N8O8/c1-4-16-20(13(2)35)30-22(38)14(25)8-9-19(36)28-10-6-5-7-15(29-23(39)18(12-34)31(16)3)24(40)32(27)17(11-33)21(26)37/h4,13-15,17-18,20,33-35H,5-12,25,27H2,1-3H3,(H2,26,37)(H,28,36)(H,29,39)(H,30,38)/t13?,14-,15-,17-,18-,20-/m0/s1. The number of hydrogen-bond donors (Lipinski definition) is 9. The number of amides is 5. The van der Waals surface area contributed by atoms with E-state index in [0.29, 0.717) is 17.9 Å². The summed E-state index contributed by atoms with van der Waals surface area (Å²) in [4.78, 5) is 64.4. The SMILES string of the molecule is CC=C1[C@H](C(C)O)NC(=O)[C@@H](N)CCC(=O)NCCCC[C@@H](C(=O)N(N)[C@@H](CO)C(N)=O)NC(=O)[C@H](CO)N1C. The molecule has 0 aromatic carbocycles. The van der Waals surface area contributed by atoms with Gasteiger partial charge in [-0.05, 0) is 39.5 Å². The lowest BCUT2D eigenvalue weighted by Gasteiger charge is -2.36. The highest BCUT2D eigenvalue weighted by Gasteiger charge is 2.36. The van der Waals surface area contributed by atoms with E-state index in [1.807, 2.05) is 0 Å². The molecule has 0 radical (unpaired) electrons. The summed E-state index contributed by atoms with van der Waals surface area (Å²) >= 11 is 0. The van der Waals surface area contributed by atoms with E-state index >= 15 is 0 Å². The highest BCUT2D eigenvalue weighted by atomic mass is 16.3. The van der Waals surface area contributed by atoms with E-state index in [1.165, 1.54) is 24.9 Å². The average molecular weight is 573 g/mol. The molecule has 1 heterocycles. The molecule has 1 rings (SSSR count). The van der Waals surface area contributed by atoms with Crippen LogP contribution in [0.3, 0.4) is 0 Å². The van der Waals surface area contributed by atoms with Gasteiger partial charge in [0.2, 0.25) is 23.6 Å². The van der Waals surface area contributed by atoms with Crippen molar-refractivity contribution in [3.8, 4) is 0 Å². The first-order valence-electron chi connectivity index (χ1n) is 13.1. The van der Waals surface area contributed by atoms with E-state index < -0.39 is 73.2 Å². The molecule has 1 fully saturated rings. The zero-order valence-electron chi connectivity index (χ0n) is 23.2. The predicted molar refractivity (Wildman–Crippen MR) is 143 cm³/mol. The first-order valence-corrected chi connectivity index (χ1v) is 13.1. The van der Waals surface area contributed by atoms with Gasteiger partial charge < -0.3 is 47.6 Å². The number of nitrogens with one attached hydrogen (secondary N) is 3. The molecule has 228 valence electrons. The van der Waals surface area contributed by atoms with Gasteiger partial charge in [0.15, 0.2) is 0 Å². The molecule has 5 amide bonds. The molecule has 1 aliphatic heterocycles. The molecule has 16 nitrogen and oxygen atoms in total. The van der Waals surface area contributed by atoms with Gasteiger partial charge in [-0.2, -0.15) is 0 Å². The highest BCUT2D eigenvalue weighted by Crippen LogP contribution is 2.17. The maximum absolute atomic E-state index is 13.3. The molecule has 1 unspecified atom stereocenters. The van der Waals surface area contributed by atoms with Gasteiger partial charge in [-0.25, -0.2) is 5.84 Å². The van der Waals surface area contributed by atoms with Gasteiger partial charge in [0.1, 0.15) is 18.1 Å². The number of rotatable bonds is 6. The third-order valence-electron chi connectivity index (χ3n) is 6.71. The Labute approximate surface area is 233 Å². The van der Waals surface area contributed by atoms with Crippen molar-refractivity contribution in [3.05, 3.63) is 11.8 Å². The molecule has 0 bridgehead atoms. The Morgan fingerprint density at radius 1 is 1.15 bits per heavy atom. The van der Waals surface area contributed by atoms with Crippen LogP contribution >= 0.6 is 0 Å². The second-order valence-corrected chi connectivity index (χ2v) is 9.65. The zero-order valence-corrected chi connectivity index (χ0v) is 23.2. The molecular weight excluding hydrogens is 528 g/mol. The summed E-state index contributed by atoms with van der Waals surface area (Å²) in [5.41, 5.74) is 11.5. The van der Waals surface area contributed by atoms with Crippen LogP contribution in [0.1, 0.15) is 46.0 Å². The van der Waals surface area contributed by atoms with Crippen molar-refractivity contribution in [3.63, 3.8) is 0 Å². The van der Waals surface area contributed by atoms with E-state index in [2.05, 4.69) is 16.0 Å². The number of nitrogens with zero attached hydrogens (tertiary/aromatic N) is 2. The Morgan fingerprint density at radius 3 is 2.33 bits per heavy atom. The van der Waals surface area contributed by atoms with E-state index in [0.717, 1.165) is 0 Å². The first-order chi connectivity index (χ1) is 18.8. The molecule has 16 heteroatoms. The summed E-state index contributed by atoms with van der Waals surface area (Å²) in [6, 6.07) is -6.17. The molecule has 0 saturated carbocycles. The number of nitrogens with two attached hydrogens (primary N) is 3. The molecule has 12 N–H and O–H groups in total. The summed E-state index contributed by atoms with van der Waals surface area (Å²) in [5, 5.41) is 38.3. The number of allylic oxidation sites excluding steroid dienone is 1.